The van der Waals surface area contributed by atoms with Crippen LogP contribution in [0.15, 0.2) is 24.4 Å². The van der Waals surface area contributed by atoms with Crippen molar-refractivity contribution in [2.75, 3.05) is 17.7 Å². The van der Waals surface area contributed by atoms with Gasteiger partial charge in [0.2, 0.25) is 0 Å². The lowest BCUT2D eigenvalue weighted by Gasteiger charge is -2.29. The highest BCUT2D eigenvalue weighted by Gasteiger charge is 2.14. The number of aromatic nitrogens is 1. The number of pyridine rings is 1. The van der Waals surface area contributed by atoms with Gasteiger partial charge in [-0.15, -0.1) is 0 Å². The van der Waals surface area contributed by atoms with Crippen LogP contribution in [0.5, 0.6) is 0 Å². The van der Waals surface area contributed by atoms with Crippen molar-refractivity contribution >= 4 is 22.1 Å². The van der Waals surface area contributed by atoms with Gasteiger partial charge in [-0.3, -0.25) is 4.98 Å². The SMILES string of the molecule is CCC(CC)N(C)c1ccc(N)c2cnc(C)cc12. The average Bonchev–Trinajstić information content (AvgIpc) is 2.40. The third-order valence-electron chi connectivity index (χ3n) is 3.92. The molecule has 0 unspecified atom stereocenters. The Balaban J connectivity index is 2.60. The third kappa shape index (κ3) is 2.50. The monoisotopic (exact) mass is 257 g/mol. The number of hydrogen-bond donors (Lipinski definition) is 1. The molecule has 0 spiro atoms. The van der Waals surface area contributed by atoms with Gasteiger partial charge >= 0.3 is 0 Å². The van der Waals surface area contributed by atoms with Crippen LogP contribution < -0.4 is 10.6 Å². The van der Waals surface area contributed by atoms with Gasteiger partial charge in [0.1, 0.15) is 0 Å². The minimum Gasteiger partial charge on any atom is -0.398 e. The lowest BCUT2D eigenvalue weighted by molar-refractivity contribution is 0.593. The first-order chi connectivity index (χ1) is 9.08. The highest BCUT2D eigenvalue weighted by Crippen LogP contribution is 2.32. The topological polar surface area (TPSA) is 42.1 Å². The van der Waals surface area contributed by atoms with Crippen LogP contribution in [0.25, 0.3) is 10.8 Å². The number of nitrogen functional groups attached to an aromatic ring is 1. The summed E-state index contributed by atoms with van der Waals surface area (Å²) in [6, 6.07) is 6.78. The lowest BCUT2D eigenvalue weighted by Crippen LogP contribution is -2.30. The number of rotatable bonds is 4. The predicted molar refractivity (Wildman–Crippen MR) is 83.7 cm³/mol. The summed E-state index contributed by atoms with van der Waals surface area (Å²) in [7, 11) is 2.17. The van der Waals surface area contributed by atoms with Crippen LogP contribution in [0.3, 0.4) is 0 Å². The van der Waals surface area contributed by atoms with Crippen LogP contribution in [0, 0.1) is 6.92 Å². The second kappa shape index (κ2) is 5.47. The van der Waals surface area contributed by atoms with Crippen molar-refractivity contribution in [3.63, 3.8) is 0 Å². The molecule has 0 bridgehead atoms. The fourth-order valence-electron chi connectivity index (χ4n) is 2.69. The van der Waals surface area contributed by atoms with Crippen LogP contribution in [0.1, 0.15) is 32.4 Å². The molecule has 0 fully saturated rings. The summed E-state index contributed by atoms with van der Waals surface area (Å²) in [6.45, 7) is 6.48. The minimum absolute atomic E-state index is 0.556. The summed E-state index contributed by atoms with van der Waals surface area (Å²) in [4.78, 5) is 6.72. The zero-order chi connectivity index (χ0) is 14.0. The molecule has 3 nitrogen and oxygen atoms in total. The normalized spacial score (nSPS) is 11.2. The fourth-order valence-corrected chi connectivity index (χ4v) is 2.69. The van der Waals surface area contributed by atoms with E-state index in [4.69, 9.17) is 5.73 Å². The Labute approximate surface area is 115 Å². The van der Waals surface area contributed by atoms with Crippen molar-refractivity contribution in [2.45, 2.75) is 39.7 Å². The Kier molecular flexibility index (Phi) is 3.93. The van der Waals surface area contributed by atoms with E-state index in [9.17, 15) is 0 Å². The molecule has 0 aliphatic heterocycles. The van der Waals surface area contributed by atoms with Crippen LogP contribution in [0.4, 0.5) is 11.4 Å². The number of fused-ring (bicyclic) bond motifs is 1. The molecule has 0 atom stereocenters. The molecule has 2 aromatic rings. The van der Waals surface area contributed by atoms with E-state index in [1.165, 1.54) is 11.1 Å². The van der Waals surface area contributed by atoms with E-state index >= 15 is 0 Å². The average molecular weight is 257 g/mol. The molecular weight excluding hydrogens is 234 g/mol. The summed E-state index contributed by atoms with van der Waals surface area (Å²) in [5, 5.41) is 2.24. The van der Waals surface area contributed by atoms with Gasteiger partial charge in [0.25, 0.3) is 0 Å². The number of hydrogen-bond acceptors (Lipinski definition) is 3. The second-order valence-corrected chi connectivity index (χ2v) is 5.13. The highest BCUT2D eigenvalue weighted by molar-refractivity contribution is 6.01. The fraction of sp³-hybridized carbons (Fsp3) is 0.438. The smallest absolute Gasteiger partial charge is 0.0448 e. The molecule has 0 saturated heterocycles. The largest absolute Gasteiger partial charge is 0.398 e. The molecule has 0 radical (unpaired) electrons. The Morgan fingerprint density at radius 1 is 1.21 bits per heavy atom. The molecule has 0 aliphatic carbocycles. The van der Waals surface area contributed by atoms with E-state index in [0.29, 0.717) is 6.04 Å². The van der Waals surface area contributed by atoms with Crippen LogP contribution >= 0.6 is 0 Å². The van der Waals surface area contributed by atoms with Crippen molar-refractivity contribution in [3.8, 4) is 0 Å². The van der Waals surface area contributed by atoms with Gasteiger partial charge in [-0.05, 0) is 38.0 Å². The number of benzene rings is 1. The Morgan fingerprint density at radius 2 is 1.89 bits per heavy atom. The number of nitrogens with zero attached hydrogens (tertiary/aromatic N) is 2. The summed E-state index contributed by atoms with van der Waals surface area (Å²) < 4.78 is 0. The minimum atomic E-state index is 0.556. The Morgan fingerprint density at radius 3 is 2.53 bits per heavy atom. The first-order valence-corrected chi connectivity index (χ1v) is 6.96. The molecule has 1 aromatic carbocycles. The van der Waals surface area contributed by atoms with Gasteiger partial charge in [0, 0.05) is 47.1 Å². The lowest BCUT2D eigenvalue weighted by atomic mass is 10.0. The van der Waals surface area contributed by atoms with E-state index in [0.717, 1.165) is 29.6 Å². The van der Waals surface area contributed by atoms with Gasteiger partial charge in [0.15, 0.2) is 0 Å². The van der Waals surface area contributed by atoms with Gasteiger partial charge in [-0.1, -0.05) is 13.8 Å². The first-order valence-electron chi connectivity index (χ1n) is 6.96. The van der Waals surface area contributed by atoms with E-state index < -0.39 is 0 Å². The van der Waals surface area contributed by atoms with E-state index in [1.54, 1.807) is 0 Å². The van der Waals surface area contributed by atoms with Crippen LogP contribution in [-0.4, -0.2) is 18.1 Å². The number of aryl methyl sites for hydroxylation is 1. The summed E-state index contributed by atoms with van der Waals surface area (Å²) >= 11 is 0. The molecule has 19 heavy (non-hydrogen) atoms. The number of anilines is 2. The molecular formula is C16H23N3. The molecule has 0 aliphatic rings. The van der Waals surface area contributed by atoms with Gasteiger partial charge in [0.05, 0.1) is 0 Å². The molecule has 3 heteroatoms. The first kappa shape index (κ1) is 13.7. The van der Waals surface area contributed by atoms with Gasteiger partial charge in [-0.2, -0.15) is 0 Å². The standard InChI is InChI=1S/C16H23N3/c1-5-12(6-2)19(4)16-8-7-15(17)14-10-18-11(3)9-13(14)16/h7-10,12H,5-6,17H2,1-4H3. The van der Waals surface area contributed by atoms with Crippen molar-refractivity contribution in [1.82, 2.24) is 4.98 Å². The Hall–Kier alpha value is -1.77. The van der Waals surface area contributed by atoms with E-state index in [2.05, 4.69) is 42.9 Å². The molecule has 2 rings (SSSR count). The molecule has 0 amide bonds. The maximum absolute atomic E-state index is 6.06. The van der Waals surface area contributed by atoms with Gasteiger partial charge < -0.3 is 10.6 Å². The molecule has 102 valence electrons. The molecule has 2 N–H and O–H groups in total. The second-order valence-electron chi connectivity index (χ2n) is 5.13. The Bertz CT molecular complexity index is 573. The molecule has 1 aromatic heterocycles. The molecule has 0 saturated carbocycles. The zero-order valence-electron chi connectivity index (χ0n) is 12.3. The van der Waals surface area contributed by atoms with E-state index in [1.807, 2.05) is 19.2 Å². The number of nitrogens with two attached hydrogens (primary N) is 1. The van der Waals surface area contributed by atoms with Crippen molar-refractivity contribution in [2.24, 2.45) is 0 Å². The van der Waals surface area contributed by atoms with Gasteiger partial charge in [-0.25, -0.2) is 0 Å². The van der Waals surface area contributed by atoms with Crippen LogP contribution in [0.2, 0.25) is 0 Å². The zero-order valence-corrected chi connectivity index (χ0v) is 12.3. The summed E-state index contributed by atoms with van der Waals surface area (Å²) in [5.74, 6) is 0. The maximum Gasteiger partial charge on any atom is 0.0448 e. The molecule has 1 heterocycles. The third-order valence-corrected chi connectivity index (χ3v) is 3.92. The van der Waals surface area contributed by atoms with E-state index in [-0.39, 0.29) is 0 Å². The predicted octanol–water partition coefficient (Wildman–Crippen LogP) is 3.75. The highest BCUT2D eigenvalue weighted by atomic mass is 15.1. The van der Waals surface area contributed by atoms with Crippen molar-refractivity contribution in [3.05, 3.63) is 30.1 Å². The van der Waals surface area contributed by atoms with Crippen LogP contribution in [-0.2, 0) is 0 Å². The summed E-state index contributed by atoms with van der Waals surface area (Å²) in [6.07, 6.45) is 4.16. The maximum atomic E-state index is 6.06. The quantitative estimate of drug-likeness (QED) is 0.848. The summed E-state index contributed by atoms with van der Waals surface area (Å²) in [5.41, 5.74) is 9.12. The van der Waals surface area contributed by atoms with Crippen molar-refractivity contribution in [1.29, 1.82) is 0 Å². The van der Waals surface area contributed by atoms with Crippen molar-refractivity contribution < 1.29 is 0 Å².